The maximum atomic E-state index is 10.6. The van der Waals surface area contributed by atoms with Crippen LogP contribution in [-0.4, -0.2) is 32.6 Å². The molecule has 3 heteroatoms. The Balaban J connectivity index is 2.91. The number of hydrogen-bond donors (Lipinski definition) is 2. The summed E-state index contributed by atoms with van der Waals surface area (Å²) in [4.78, 5) is 0. The second-order valence-corrected chi connectivity index (χ2v) is 6.14. The zero-order valence-electron chi connectivity index (χ0n) is 12.3. The first kappa shape index (κ1) is 15.7. The second-order valence-electron chi connectivity index (χ2n) is 6.14. The van der Waals surface area contributed by atoms with E-state index >= 15 is 0 Å². The molecule has 3 atom stereocenters. The molecule has 0 amide bonds. The lowest BCUT2D eigenvalue weighted by Gasteiger charge is -2.52. The molecule has 0 aromatic rings. The van der Waals surface area contributed by atoms with E-state index < -0.39 is 5.54 Å². The van der Waals surface area contributed by atoms with Crippen molar-refractivity contribution in [3.05, 3.63) is 12.2 Å². The van der Waals surface area contributed by atoms with Crippen LogP contribution in [0.15, 0.2) is 12.2 Å². The third-order valence-electron chi connectivity index (χ3n) is 4.10. The fourth-order valence-electron chi connectivity index (χ4n) is 3.12. The lowest BCUT2D eigenvalue weighted by molar-refractivity contribution is -0.255. The molecular formula is C15H29NO2. The highest BCUT2D eigenvalue weighted by Crippen LogP contribution is 2.40. The van der Waals surface area contributed by atoms with Gasteiger partial charge < -0.3 is 10.3 Å². The lowest BCUT2D eigenvalue weighted by Crippen LogP contribution is -2.62. The Morgan fingerprint density at radius 1 is 1.28 bits per heavy atom. The van der Waals surface area contributed by atoms with E-state index in [9.17, 15) is 10.3 Å². The highest BCUT2D eigenvalue weighted by Gasteiger charge is 2.47. The normalized spacial score (nSPS) is 38.4. The van der Waals surface area contributed by atoms with Gasteiger partial charge in [-0.25, -0.2) is 0 Å². The van der Waals surface area contributed by atoms with Crippen molar-refractivity contribution in [2.75, 3.05) is 0 Å². The van der Waals surface area contributed by atoms with E-state index in [-0.39, 0.29) is 11.6 Å². The molecule has 0 bridgehead atoms. The number of aliphatic hydroxyl groups excluding tert-OH is 1. The molecule has 3 unspecified atom stereocenters. The number of piperidine rings is 1. The minimum Gasteiger partial charge on any atom is -0.393 e. The Labute approximate surface area is 111 Å². The molecule has 0 aliphatic carbocycles. The minimum absolute atomic E-state index is 0.319. The van der Waals surface area contributed by atoms with Crippen molar-refractivity contribution in [3.8, 4) is 0 Å². The molecule has 0 radical (unpaired) electrons. The molecule has 18 heavy (non-hydrogen) atoms. The van der Waals surface area contributed by atoms with E-state index in [0.29, 0.717) is 12.8 Å². The number of rotatable bonds is 5. The first-order valence-electron chi connectivity index (χ1n) is 7.23. The van der Waals surface area contributed by atoms with Gasteiger partial charge in [-0.3, -0.25) is 0 Å². The van der Waals surface area contributed by atoms with Gasteiger partial charge in [-0.1, -0.05) is 38.8 Å². The Morgan fingerprint density at radius 3 is 2.50 bits per heavy atom. The van der Waals surface area contributed by atoms with Crippen molar-refractivity contribution < 1.29 is 10.3 Å². The lowest BCUT2D eigenvalue weighted by atomic mass is 9.76. The van der Waals surface area contributed by atoms with E-state index in [0.717, 1.165) is 25.7 Å². The van der Waals surface area contributed by atoms with Gasteiger partial charge in [-0.2, -0.15) is 5.06 Å². The summed E-state index contributed by atoms with van der Waals surface area (Å²) < 4.78 is 0. The number of unbranched alkanes of at least 4 members (excludes halogenated alkanes) is 1. The molecule has 1 heterocycles. The summed E-state index contributed by atoms with van der Waals surface area (Å²) in [6.45, 7) is 8.30. The highest BCUT2D eigenvalue weighted by atomic mass is 16.5. The number of hydroxylamine groups is 2. The molecule has 1 fully saturated rings. The van der Waals surface area contributed by atoms with Crippen LogP contribution in [0.25, 0.3) is 0 Å². The molecule has 0 aromatic carbocycles. The standard InChI is InChI=1S/C15H29NO2/c1-5-7-9-14(3)11-13(17)12-15(4,16(14)18)10-8-6-2/h7,9,13,17-18H,5-6,8,10-12H2,1-4H3/b9-7+. The summed E-state index contributed by atoms with van der Waals surface area (Å²) in [6.07, 6.45) is 9.09. The minimum atomic E-state index is -0.448. The van der Waals surface area contributed by atoms with Crippen LogP contribution in [0.5, 0.6) is 0 Å². The van der Waals surface area contributed by atoms with Crippen LogP contribution >= 0.6 is 0 Å². The van der Waals surface area contributed by atoms with Gasteiger partial charge in [0, 0.05) is 5.54 Å². The summed E-state index contributed by atoms with van der Waals surface area (Å²) in [5.41, 5.74) is -0.767. The van der Waals surface area contributed by atoms with Gasteiger partial charge in [0.05, 0.1) is 11.6 Å². The highest BCUT2D eigenvalue weighted by molar-refractivity contribution is 5.11. The zero-order valence-corrected chi connectivity index (χ0v) is 12.3. The van der Waals surface area contributed by atoms with Crippen molar-refractivity contribution in [2.24, 2.45) is 0 Å². The maximum Gasteiger partial charge on any atom is 0.0642 e. The van der Waals surface area contributed by atoms with Crippen LogP contribution in [0, 0.1) is 0 Å². The van der Waals surface area contributed by atoms with E-state index in [1.165, 1.54) is 5.06 Å². The summed E-state index contributed by atoms with van der Waals surface area (Å²) >= 11 is 0. The molecule has 106 valence electrons. The average molecular weight is 255 g/mol. The summed E-state index contributed by atoms with van der Waals surface area (Å²) in [6, 6.07) is 0. The fourth-order valence-corrected chi connectivity index (χ4v) is 3.12. The first-order chi connectivity index (χ1) is 8.38. The molecule has 1 aliphatic rings. The third-order valence-corrected chi connectivity index (χ3v) is 4.10. The zero-order chi connectivity index (χ0) is 13.8. The van der Waals surface area contributed by atoms with Crippen LogP contribution in [0.2, 0.25) is 0 Å². The van der Waals surface area contributed by atoms with Crippen LogP contribution in [-0.2, 0) is 0 Å². The molecule has 0 saturated carbocycles. The van der Waals surface area contributed by atoms with Gasteiger partial charge in [-0.05, 0) is 39.5 Å². The molecule has 0 spiro atoms. The fraction of sp³-hybridized carbons (Fsp3) is 0.867. The van der Waals surface area contributed by atoms with Crippen LogP contribution in [0.1, 0.15) is 66.2 Å². The van der Waals surface area contributed by atoms with E-state index in [2.05, 4.69) is 26.8 Å². The van der Waals surface area contributed by atoms with Crippen LogP contribution < -0.4 is 0 Å². The second kappa shape index (κ2) is 6.18. The predicted octanol–water partition coefficient (Wildman–Crippen LogP) is 3.51. The van der Waals surface area contributed by atoms with Gasteiger partial charge in [0.15, 0.2) is 0 Å². The average Bonchev–Trinajstić information content (AvgIpc) is 2.31. The molecule has 3 nitrogen and oxygen atoms in total. The van der Waals surface area contributed by atoms with Gasteiger partial charge in [-0.15, -0.1) is 0 Å². The molecule has 0 aromatic heterocycles. The Morgan fingerprint density at radius 2 is 1.94 bits per heavy atom. The third kappa shape index (κ3) is 3.34. The van der Waals surface area contributed by atoms with Crippen molar-refractivity contribution in [1.29, 1.82) is 0 Å². The van der Waals surface area contributed by atoms with E-state index in [1.807, 2.05) is 13.0 Å². The Bertz CT molecular complexity index is 292. The van der Waals surface area contributed by atoms with Crippen LogP contribution in [0.3, 0.4) is 0 Å². The monoisotopic (exact) mass is 255 g/mol. The smallest absolute Gasteiger partial charge is 0.0642 e. The van der Waals surface area contributed by atoms with Gasteiger partial charge >= 0.3 is 0 Å². The number of nitrogens with zero attached hydrogens (tertiary/aromatic N) is 1. The molecular weight excluding hydrogens is 226 g/mol. The topological polar surface area (TPSA) is 43.7 Å². The van der Waals surface area contributed by atoms with Crippen molar-refractivity contribution >= 4 is 0 Å². The summed E-state index contributed by atoms with van der Waals surface area (Å²) in [5, 5.41) is 22.2. The SMILES string of the molecule is CC/C=C/C1(C)CC(O)CC(C)(CCCC)N1O. The maximum absolute atomic E-state index is 10.6. The van der Waals surface area contributed by atoms with E-state index in [4.69, 9.17) is 0 Å². The van der Waals surface area contributed by atoms with Gasteiger partial charge in [0.25, 0.3) is 0 Å². The van der Waals surface area contributed by atoms with Crippen LogP contribution in [0.4, 0.5) is 0 Å². The summed E-state index contributed by atoms with van der Waals surface area (Å²) in [7, 11) is 0. The Hall–Kier alpha value is -0.380. The first-order valence-corrected chi connectivity index (χ1v) is 7.23. The molecule has 1 saturated heterocycles. The number of allylic oxidation sites excluding steroid dienone is 1. The van der Waals surface area contributed by atoms with E-state index in [1.54, 1.807) is 0 Å². The van der Waals surface area contributed by atoms with Gasteiger partial charge in [0.2, 0.25) is 0 Å². The van der Waals surface area contributed by atoms with Crippen molar-refractivity contribution in [3.63, 3.8) is 0 Å². The predicted molar refractivity (Wildman–Crippen MR) is 74.6 cm³/mol. The number of aliphatic hydroxyl groups is 1. The summed E-state index contributed by atoms with van der Waals surface area (Å²) in [5.74, 6) is 0. The van der Waals surface area contributed by atoms with Crippen molar-refractivity contribution in [2.45, 2.75) is 83.4 Å². The molecule has 1 rings (SSSR count). The number of hydrogen-bond acceptors (Lipinski definition) is 3. The largest absolute Gasteiger partial charge is 0.393 e. The van der Waals surface area contributed by atoms with Crippen molar-refractivity contribution in [1.82, 2.24) is 5.06 Å². The molecule has 2 N–H and O–H groups in total. The Kier molecular flexibility index (Phi) is 5.38. The quantitative estimate of drug-likeness (QED) is 0.739. The molecule has 1 aliphatic heterocycles. The van der Waals surface area contributed by atoms with Gasteiger partial charge in [0.1, 0.15) is 0 Å².